The Morgan fingerprint density at radius 3 is 2.21 bits per heavy atom. The highest BCUT2D eigenvalue weighted by atomic mass is 32.2. The number of anilines is 1. The van der Waals surface area contributed by atoms with Gasteiger partial charge in [0.25, 0.3) is 21.8 Å². The van der Waals surface area contributed by atoms with Gasteiger partial charge in [0, 0.05) is 16.8 Å². The fraction of sp³-hybridized carbons (Fsp3) is 0.167. The summed E-state index contributed by atoms with van der Waals surface area (Å²) in [6.07, 6.45) is 0. The molecule has 0 bridgehead atoms. The van der Waals surface area contributed by atoms with E-state index in [2.05, 4.69) is 15.6 Å². The number of rotatable bonds is 5. The second-order valence-electron chi connectivity index (χ2n) is 7.71. The van der Waals surface area contributed by atoms with E-state index in [0.717, 1.165) is 5.56 Å². The van der Waals surface area contributed by atoms with Crippen LogP contribution in [-0.2, 0) is 10.0 Å². The predicted molar refractivity (Wildman–Crippen MR) is 126 cm³/mol. The van der Waals surface area contributed by atoms with Gasteiger partial charge < -0.3 is 9.47 Å². The quantitative estimate of drug-likeness (QED) is 0.482. The van der Waals surface area contributed by atoms with Crippen molar-refractivity contribution in [3.63, 3.8) is 0 Å². The molecule has 1 aliphatic rings. The number of benzene rings is 3. The van der Waals surface area contributed by atoms with E-state index in [4.69, 9.17) is 9.47 Å². The first kappa shape index (κ1) is 23.1. The van der Waals surface area contributed by atoms with Crippen LogP contribution in [-0.4, -0.2) is 33.4 Å². The van der Waals surface area contributed by atoms with E-state index >= 15 is 0 Å². The van der Waals surface area contributed by atoms with E-state index in [1.165, 1.54) is 24.3 Å². The molecule has 9 nitrogen and oxygen atoms in total. The molecule has 176 valence electrons. The van der Waals surface area contributed by atoms with Crippen LogP contribution in [0.5, 0.6) is 11.5 Å². The van der Waals surface area contributed by atoms with Crippen LogP contribution < -0.4 is 25.0 Å². The number of hydrogen-bond acceptors (Lipinski definition) is 6. The predicted octanol–water partition coefficient (Wildman–Crippen LogP) is 2.95. The SMILES string of the molecule is Cc1ccc(NS(=O)(=O)c2ccc(C)c(C(=O)NNC(=O)c3ccc4c(c3)OCCO4)c2)cc1. The van der Waals surface area contributed by atoms with Crippen molar-refractivity contribution < 1.29 is 27.5 Å². The first-order valence-corrected chi connectivity index (χ1v) is 11.9. The van der Waals surface area contributed by atoms with Crippen LogP contribution in [0.1, 0.15) is 31.8 Å². The number of fused-ring (bicyclic) bond motifs is 1. The summed E-state index contributed by atoms with van der Waals surface area (Å²) in [6, 6.07) is 15.8. The Balaban J connectivity index is 1.46. The molecule has 0 aliphatic carbocycles. The van der Waals surface area contributed by atoms with E-state index in [1.54, 1.807) is 43.3 Å². The van der Waals surface area contributed by atoms with Gasteiger partial charge in [0.05, 0.1) is 4.90 Å². The molecule has 2 amide bonds. The summed E-state index contributed by atoms with van der Waals surface area (Å²) >= 11 is 0. The molecule has 3 aromatic rings. The van der Waals surface area contributed by atoms with Crippen molar-refractivity contribution in [1.82, 2.24) is 10.9 Å². The van der Waals surface area contributed by atoms with E-state index in [1.807, 2.05) is 6.92 Å². The van der Waals surface area contributed by atoms with Gasteiger partial charge in [-0.05, 0) is 61.9 Å². The highest BCUT2D eigenvalue weighted by molar-refractivity contribution is 7.92. The number of carbonyl (C=O) groups is 2. The van der Waals surface area contributed by atoms with Crippen molar-refractivity contribution in [2.45, 2.75) is 18.7 Å². The molecule has 0 saturated heterocycles. The highest BCUT2D eigenvalue weighted by Gasteiger charge is 2.20. The fourth-order valence-electron chi connectivity index (χ4n) is 3.29. The third-order valence-corrected chi connectivity index (χ3v) is 6.54. The van der Waals surface area contributed by atoms with E-state index < -0.39 is 21.8 Å². The van der Waals surface area contributed by atoms with Crippen molar-refractivity contribution in [2.24, 2.45) is 0 Å². The first-order valence-electron chi connectivity index (χ1n) is 10.4. The molecule has 10 heteroatoms. The Kier molecular flexibility index (Phi) is 6.42. The van der Waals surface area contributed by atoms with Gasteiger partial charge in [-0.25, -0.2) is 8.42 Å². The second-order valence-corrected chi connectivity index (χ2v) is 9.40. The molecule has 1 heterocycles. The van der Waals surface area contributed by atoms with Gasteiger partial charge >= 0.3 is 0 Å². The van der Waals surface area contributed by atoms with Crippen LogP contribution in [0.2, 0.25) is 0 Å². The number of ether oxygens (including phenoxy) is 2. The second kappa shape index (κ2) is 9.44. The lowest BCUT2D eigenvalue weighted by Gasteiger charge is -2.18. The number of carbonyl (C=O) groups excluding carboxylic acids is 2. The lowest BCUT2D eigenvalue weighted by Crippen LogP contribution is -2.42. The minimum absolute atomic E-state index is 0.0815. The maximum Gasteiger partial charge on any atom is 0.270 e. The molecule has 1 aliphatic heterocycles. The van der Waals surface area contributed by atoms with Gasteiger partial charge in [-0.15, -0.1) is 0 Å². The summed E-state index contributed by atoms with van der Waals surface area (Å²) in [5.41, 5.74) is 6.98. The van der Waals surface area contributed by atoms with Crippen molar-refractivity contribution in [3.05, 3.63) is 82.9 Å². The maximum absolute atomic E-state index is 12.8. The third-order valence-electron chi connectivity index (χ3n) is 5.16. The summed E-state index contributed by atoms with van der Waals surface area (Å²) in [5.74, 6) is -0.233. The third kappa shape index (κ3) is 5.12. The number of aryl methyl sites for hydroxylation is 2. The number of nitrogens with one attached hydrogen (secondary N) is 3. The molecule has 0 spiro atoms. The van der Waals surface area contributed by atoms with Crippen molar-refractivity contribution >= 4 is 27.5 Å². The zero-order chi connectivity index (χ0) is 24.3. The molecule has 0 unspecified atom stereocenters. The Hall–Kier alpha value is -4.05. The zero-order valence-electron chi connectivity index (χ0n) is 18.5. The minimum Gasteiger partial charge on any atom is -0.486 e. The summed E-state index contributed by atoms with van der Waals surface area (Å²) in [4.78, 5) is 25.1. The molecular weight excluding hydrogens is 458 g/mol. The van der Waals surface area contributed by atoms with E-state index in [9.17, 15) is 18.0 Å². The zero-order valence-corrected chi connectivity index (χ0v) is 19.4. The molecule has 0 fully saturated rings. The van der Waals surface area contributed by atoms with Crippen LogP contribution >= 0.6 is 0 Å². The van der Waals surface area contributed by atoms with E-state index in [0.29, 0.717) is 36.0 Å². The molecule has 0 atom stereocenters. The molecule has 0 saturated carbocycles. The highest BCUT2D eigenvalue weighted by Crippen LogP contribution is 2.30. The number of amides is 2. The molecule has 34 heavy (non-hydrogen) atoms. The first-order chi connectivity index (χ1) is 16.2. The molecule has 3 aromatic carbocycles. The Morgan fingerprint density at radius 1 is 0.794 bits per heavy atom. The normalized spacial score (nSPS) is 12.5. The monoisotopic (exact) mass is 481 g/mol. The van der Waals surface area contributed by atoms with Crippen molar-refractivity contribution in [2.75, 3.05) is 17.9 Å². The molecule has 3 N–H and O–H groups in total. The molecule has 0 aromatic heterocycles. The van der Waals surface area contributed by atoms with Crippen molar-refractivity contribution in [1.29, 1.82) is 0 Å². The van der Waals surface area contributed by atoms with Crippen LogP contribution in [0.3, 0.4) is 0 Å². The van der Waals surface area contributed by atoms with E-state index in [-0.39, 0.29) is 16.0 Å². The molecule has 4 rings (SSSR count). The average molecular weight is 482 g/mol. The number of hydrazine groups is 1. The molecular formula is C24H23N3O6S. The summed E-state index contributed by atoms with van der Waals surface area (Å²) in [5, 5.41) is 0. The maximum atomic E-state index is 12.8. The Bertz CT molecular complexity index is 1350. The topological polar surface area (TPSA) is 123 Å². The smallest absolute Gasteiger partial charge is 0.270 e. The standard InChI is InChI=1S/C24H23N3O6S/c1-15-3-7-18(8-4-15)27-34(30,31)19-9-5-16(2)20(14-19)24(29)26-25-23(28)17-6-10-21-22(13-17)33-12-11-32-21/h3-10,13-14,27H,11-12H2,1-2H3,(H,25,28)(H,26,29). The van der Waals surface area contributed by atoms with Gasteiger partial charge in [-0.1, -0.05) is 23.8 Å². The summed E-state index contributed by atoms with van der Waals surface area (Å²) in [6.45, 7) is 4.38. The van der Waals surface area contributed by atoms with Gasteiger partial charge in [-0.2, -0.15) is 0 Å². The lowest BCUT2D eigenvalue weighted by molar-refractivity contribution is 0.0845. The van der Waals surface area contributed by atoms with Crippen LogP contribution in [0.15, 0.2) is 65.6 Å². The van der Waals surface area contributed by atoms with Crippen molar-refractivity contribution in [3.8, 4) is 11.5 Å². The van der Waals surface area contributed by atoms with Crippen LogP contribution in [0.4, 0.5) is 5.69 Å². The lowest BCUT2D eigenvalue weighted by atomic mass is 10.1. The number of sulfonamides is 1. The largest absolute Gasteiger partial charge is 0.486 e. The number of hydrogen-bond donors (Lipinski definition) is 3. The molecule has 0 radical (unpaired) electrons. The van der Waals surface area contributed by atoms with Gasteiger partial charge in [0.15, 0.2) is 11.5 Å². The summed E-state index contributed by atoms with van der Waals surface area (Å²) < 4.78 is 39.0. The van der Waals surface area contributed by atoms with Crippen LogP contribution in [0.25, 0.3) is 0 Å². The Morgan fingerprint density at radius 2 is 1.47 bits per heavy atom. The van der Waals surface area contributed by atoms with Gasteiger partial charge in [0.1, 0.15) is 13.2 Å². The fourth-order valence-corrected chi connectivity index (χ4v) is 4.37. The van der Waals surface area contributed by atoms with Crippen LogP contribution in [0, 0.1) is 13.8 Å². The average Bonchev–Trinajstić information content (AvgIpc) is 2.83. The van der Waals surface area contributed by atoms with Gasteiger partial charge in [0.2, 0.25) is 0 Å². The Labute approximate surface area is 197 Å². The summed E-state index contributed by atoms with van der Waals surface area (Å²) in [7, 11) is -3.93. The minimum atomic E-state index is -3.93. The van der Waals surface area contributed by atoms with Gasteiger partial charge in [-0.3, -0.25) is 25.2 Å².